The van der Waals surface area contributed by atoms with Crippen LogP contribution in [0.2, 0.25) is 0 Å². The summed E-state index contributed by atoms with van der Waals surface area (Å²) < 4.78 is 0. The average Bonchev–Trinajstić information content (AvgIpc) is 2.72. The Bertz CT molecular complexity index is 472. The summed E-state index contributed by atoms with van der Waals surface area (Å²) in [6.07, 6.45) is 7.46. The predicted octanol–water partition coefficient (Wildman–Crippen LogP) is 2.07. The summed E-state index contributed by atoms with van der Waals surface area (Å²) in [6.45, 7) is 6.48. The van der Waals surface area contributed by atoms with E-state index in [0.717, 1.165) is 19.3 Å². The van der Waals surface area contributed by atoms with Gasteiger partial charge in [-0.05, 0) is 32.6 Å². The second-order valence-corrected chi connectivity index (χ2v) is 7.53. The highest BCUT2D eigenvalue weighted by atomic mass is 16.2. The molecule has 3 N–H and O–H groups in total. The van der Waals surface area contributed by atoms with Crippen molar-refractivity contribution in [3.05, 3.63) is 0 Å². The lowest BCUT2D eigenvalue weighted by Gasteiger charge is -2.59. The molecule has 0 radical (unpaired) electrons. The van der Waals surface area contributed by atoms with E-state index in [4.69, 9.17) is 0 Å². The smallest absolute Gasteiger partial charge is 0.322 e. The van der Waals surface area contributed by atoms with Crippen LogP contribution in [0.15, 0.2) is 0 Å². The van der Waals surface area contributed by atoms with Crippen LogP contribution in [-0.4, -0.2) is 28.6 Å². The van der Waals surface area contributed by atoms with Crippen LogP contribution in [0.1, 0.15) is 65.7 Å². The maximum absolute atomic E-state index is 12.6. The summed E-state index contributed by atoms with van der Waals surface area (Å²) in [5.41, 5.74) is -0.889. The summed E-state index contributed by atoms with van der Waals surface area (Å²) >= 11 is 0. The number of hydrogen-bond donors (Lipinski definition) is 3. The van der Waals surface area contributed by atoms with Gasteiger partial charge in [0.05, 0.1) is 0 Å². The molecule has 21 heavy (non-hydrogen) atoms. The third kappa shape index (κ3) is 2.08. The summed E-state index contributed by atoms with van der Waals surface area (Å²) in [4.78, 5) is 24.4. The van der Waals surface area contributed by atoms with Crippen molar-refractivity contribution < 1.29 is 9.59 Å². The van der Waals surface area contributed by atoms with Gasteiger partial charge in [-0.2, -0.15) is 0 Å². The van der Waals surface area contributed by atoms with Crippen molar-refractivity contribution in [1.29, 1.82) is 0 Å². The number of piperidine rings is 1. The Hall–Kier alpha value is -1.10. The third-order valence-corrected chi connectivity index (χ3v) is 6.28. The number of imide groups is 1. The molecule has 2 heterocycles. The summed E-state index contributed by atoms with van der Waals surface area (Å²) in [5.74, 6) is -0.0255. The van der Waals surface area contributed by atoms with Crippen LogP contribution >= 0.6 is 0 Å². The summed E-state index contributed by atoms with van der Waals surface area (Å²) in [5, 5.41) is 9.37. The van der Waals surface area contributed by atoms with E-state index in [9.17, 15) is 9.59 Å². The second-order valence-electron chi connectivity index (χ2n) is 7.53. The van der Waals surface area contributed by atoms with Gasteiger partial charge in [0.25, 0.3) is 5.91 Å². The van der Waals surface area contributed by atoms with Gasteiger partial charge in [-0.25, -0.2) is 4.79 Å². The minimum atomic E-state index is -0.746. The van der Waals surface area contributed by atoms with Gasteiger partial charge in [-0.1, -0.05) is 33.1 Å². The van der Waals surface area contributed by atoms with E-state index >= 15 is 0 Å². The monoisotopic (exact) mass is 293 g/mol. The first-order valence-electron chi connectivity index (χ1n) is 8.29. The van der Waals surface area contributed by atoms with Crippen molar-refractivity contribution in [2.45, 2.75) is 82.3 Å². The molecular formula is C16H27N3O2. The highest BCUT2D eigenvalue weighted by molar-refractivity contribution is 6.07. The van der Waals surface area contributed by atoms with Crippen LogP contribution in [0.25, 0.3) is 0 Å². The van der Waals surface area contributed by atoms with Gasteiger partial charge in [0.2, 0.25) is 0 Å². The van der Waals surface area contributed by atoms with E-state index in [2.05, 4.69) is 36.7 Å². The molecule has 2 spiro atoms. The number of nitrogens with one attached hydrogen (secondary N) is 3. The lowest BCUT2D eigenvalue weighted by atomic mass is 9.58. The Labute approximate surface area is 126 Å². The van der Waals surface area contributed by atoms with E-state index in [-0.39, 0.29) is 28.9 Å². The largest absolute Gasteiger partial charge is 0.323 e. The summed E-state index contributed by atoms with van der Waals surface area (Å²) in [7, 11) is 0. The number of amides is 3. The van der Waals surface area contributed by atoms with Gasteiger partial charge in [0.15, 0.2) is 0 Å². The molecule has 2 saturated heterocycles. The lowest BCUT2D eigenvalue weighted by Crippen LogP contribution is -2.75. The molecule has 0 aromatic rings. The first-order valence-corrected chi connectivity index (χ1v) is 8.29. The fourth-order valence-electron chi connectivity index (χ4n) is 4.88. The third-order valence-electron chi connectivity index (χ3n) is 6.28. The number of carbonyl (C=O) groups excluding carboxylic acids is 2. The van der Waals surface area contributed by atoms with E-state index in [1.54, 1.807) is 0 Å². The second kappa shape index (κ2) is 4.70. The molecule has 5 nitrogen and oxygen atoms in total. The first-order chi connectivity index (χ1) is 9.86. The normalized spacial score (nSPS) is 42.1. The Kier molecular flexibility index (Phi) is 3.32. The number of hydrogen-bond acceptors (Lipinski definition) is 3. The standard InChI is InChI=1S/C16H27N3O2/c1-4-14(3)10-16(12(20)17-13(21)18-16)11(2)15(19-14)8-6-5-7-9-15/h11,19H,4-10H2,1-3H3,(H2,17,18,20,21). The highest BCUT2D eigenvalue weighted by Gasteiger charge is 2.63. The Morgan fingerprint density at radius 1 is 1.19 bits per heavy atom. The molecule has 2 aliphatic heterocycles. The molecule has 3 atom stereocenters. The van der Waals surface area contributed by atoms with Crippen molar-refractivity contribution in [2.75, 3.05) is 0 Å². The van der Waals surface area contributed by atoms with Gasteiger partial charge in [0, 0.05) is 17.0 Å². The number of carbonyl (C=O) groups is 2. The Balaban J connectivity index is 2.04. The van der Waals surface area contributed by atoms with Crippen LogP contribution < -0.4 is 16.0 Å². The number of urea groups is 1. The quantitative estimate of drug-likeness (QED) is 0.648. The van der Waals surface area contributed by atoms with Crippen LogP contribution in [0.5, 0.6) is 0 Å². The zero-order chi connectivity index (χ0) is 15.3. The van der Waals surface area contributed by atoms with E-state index in [1.807, 2.05) is 0 Å². The highest BCUT2D eigenvalue weighted by Crippen LogP contribution is 2.49. The molecule has 3 fully saturated rings. The van der Waals surface area contributed by atoms with Gasteiger partial charge in [0.1, 0.15) is 5.54 Å². The van der Waals surface area contributed by atoms with Crippen molar-refractivity contribution >= 4 is 11.9 Å². The SMILES string of the molecule is CCC1(C)CC2(NC(=O)NC2=O)C(C)C2(CCCCC2)N1. The molecule has 0 aromatic heterocycles. The predicted molar refractivity (Wildman–Crippen MR) is 80.8 cm³/mol. The topological polar surface area (TPSA) is 70.2 Å². The molecule has 0 bridgehead atoms. The van der Waals surface area contributed by atoms with Crippen molar-refractivity contribution in [3.8, 4) is 0 Å². The molecule has 3 aliphatic rings. The Morgan fingerprint density at radius 2 is 1.86 bits per heavy atom. The van der Waals surface area contributed by atoms with Crippen molar-refractivity contribution in [1.82, 2.24) is 16.0 Å². The maximum Gasteiger partial charge on any atom is 0.322 e. The zero-order valence-electron chi connectivity index (χ0n) is 13.3. The van der Waals surface area contributed by atoms with Crippen LogP contribution in [-0.2, 0) is 4.79 Å². The minimum Gasteiger partial charge on any atom is -0.323 e. The van der Waals surface area contributed by atoms with E-state index in [0.29, 0.717) is 6.42 Å². The van der Waals surface area contributed by atoms with Crippen LogP contribution in [0.3, 0.4) is 0 Å². The first kappa shape index (κ1) is 14.8. The molecule has 3 unspecified atom stereocenters. The van der Waals surface area contributed by atoms with E-state index < -0.39 is 5.54 Å². The maximum atomic E-state index is 12.6. The van der Waals surface area contributed by atoms with Crippen molar-refractivity contribution in [2.24, 2.45) is 5.92 Å². The van der Waals surface area contributed by atoms with E-state index in [1.165, 1.54) is 19.3 Å². The minimum absolute atomic E-state index is 0.0315. The molecule has 3 amide bonds. The molecule has 0 aromatic carbocycles. The fourth-order valence-corrected chi connectivity index (χ4v) is 4.88. The zero-order valence-corrected chi connectivity index (χ0v) is 13.3. The molecule has 1 saturated carbocycles. The number of rotatable bonds is 1. The Morgan fingerprint density at radius 3 is 2.38 bits per heavy atom. The molecule has 1 aliphatic carbocycles. The van der Waals surface area contributed by atoms with Gasteiger partial charge < -0.3 is 10.6 Å². The lowest BCUT2D eigenvalue weighted by molar-refractivity contribution is -0.132. The van der Waals surface area contributed by atoms with Gasteiger partial charge in [-0.15, -0.1) is 0 Å². The molecule has 3 rings (SSSR count). The molecular weight excluding hydrogens is 266 g/mol. The van der Waals surface area contributed by atoms with Crippen LogP contribution in [0, 0.1) is 5.92 Å². The fraction of sp³-hybridized carbons (Fsp3) is 0.875. The van der Waals surface area contributed by atoms with Crippen LogP contribution in [0.4, 0.5) is 4.79 Å². The van der Waals surface area contributed by atoms with Gasteiger partial charge in [-0.3, -0.25) is 10.1 Å². The summed E-state index contributed by atoms with van der Waals surface area (Å²) in [6, 6.07) is -0.335. The average molecular weight is 293 g/mol. The van der Waals surface area contributed by atoms with Crippen molar-refractivity contribution in [3.63, 3.8) is 0 Å². The van der Waals surface area contributed by atoms with Gasteiger partial charge >= 0.3 is 6.03 Å². The molecule has 118 valence electrons. The molecule has 5 heteroatoms.